The molecule has 1 amide bonds. The molecule has 1 N–H and O–H groups in total. The number of hydrogen-bond donors (Lipinski definition) is 1. The Morgan fingerprint density at radius 2 is 2.10 bits per heavy atom. The Balaban J connectivity index is 1.76. The molecule has 2 saturated heterocycles. The SMILES string of the molecule is CC(=O)N1CC(c2nc(C)cc(N3CCC[C@H](O)C3)n2)C1. The summed E-state index contributed by atoms with van der Waals surface area (Å²) in [5, 5.41) is 9.81. The van der Waals surface area contributed by atoms with E-state index in [-0.39, 0.29) is 17.9 Å². The highest BCUT2D eigenvalue weighted by atomic mass is 16.3. The van der Waals surface area contributed by atoms with E-state index in [4.69, 9.17) is 0 Å². The second kappa shape index (κ2) is 5.60. The third-order valence-corrected chi connectivity index (χ3v) is 4.27. The first-order chi connectivity index (χ1) is 10.0. The lowest BCUT2D eigenvalue weighted by Crippen LogP contribution is -2.48. The summed E-state index contributed by atoms with van der Waals surface area (Å²) < 4.78 is 0. The zero-order chi connectivity index (χ0) is 15.0. The average molecular weight is 290 g/mol. The van der Waals surface area contributed by atoms with Crippen LogP contribution in [-0.4, -0.2) is 58.2 Å². The standard InChI is InChI=1S/C15H22N4O2/c1-10-6-14(18-5-3-4-13(21)9-18)17-15(16-10)12-7-19(8-12)11(2)20/h6,12-13,21H,3-5,7-9H2,1-2H3/t13-/m0/s1. The molecule has 0 saturated carbocycles. The molecule has 21 heavy (non-hydrogen) atoms. The Kier molecular flexibility index (Phi) is 3.80. The number of anilines is 1. The van der Waals surface area contributed by atoms with Gasteiger partial charge in [0.15, 0.2) is 0 Å². The number of rotatable bonds is 2. The zero-order valence-electron chi connectivity index (χ0n) is 12.6. The molecule has 0 aromatic carbocycles. The molecular weight excluding hydrogens is 268 g/mol. The van der Waals surface area contributed by atoms with Crippen molar-refractivity contribution in [3.05, 3.63) is 17.6 Å². The quantitative estimate of drug-likeness (QED) is 0.868. The van der Waals surface area contributed by atoms with Gasteiger partial charge in [-0.15, -0.1) is 0 Å². The monoisotopic (exact) mass is 290 g/mol. The molecule has 0 spiro atoms. The van der Waals surface area contributed by atoms with Crippen molar-refractivity contribution >= 4 is 11.7 Å². The van der Waals surface area contributed by atoms with Crippen molar-refractivity contribution in [1.29, 1.82) is 0 Å². The van der Waals surface area contributed by atoms with E-state index < -0.39 is 0 Å². The van der Waals surface area contributed by atoms with E-state index in [0.29, 0.717) is 19.6 Å². The van der Waals surface area contributed by atoms with E-state index in [9.17, 15) is 9.90 Å². The zero-order valence-corrected chi connectivity index (χ0v) is 12.6. The Hall–Kier alpha value is -1.69. The number of aliphatic hydroxyl groups excluding tert-OH is 1. The van der Waals surface area contributed by atoms with Crippen molar-refractivity contribution in [2.24, 2.45) is 0 Å². The summed E-state index contributed by atoms with van der Waals surface area (Å²) in [4.78, 5) is 24.4. The predicted molar refractivity (Wildman–Crippen MR) is 79.2 cm³/mol. The van der Waals surface area contributed by atoms with E-state index >= 15 is 0 Å². The van der Waals surface area contributed by atoms with Crippen molar-refractivity contribution in [1.82, 2.24) is 14.9 Å². The third-order valence-electron chi connectivity index (χ3n) is 4.27. The number of aromatic nitrogens is 2. The van der Waals surface area contributed by atoms with Crippen molar-refractivity contribution < 1.29 is 9.90 Å². The van der Waals surface area contributed by atoms with Crippen LogP contribution in [0.4, 0.5) is 5.82 Å². The van der Waals surface area contributed by atoms with Gasteiger partial charge in [0.05, 0.1) is 12.0 Å². The minimum Gasteiger partial charge on any atom is -0.391 e. The topological polar surface area (TPSA) is 69.6 Å². The number of piperidine rings is 1. The molecule has 2 fully saturated rings. The molecule has 6 heteroatoms. The first-order valence-electron chi connectivity index (χ1n) is 7.57. The van der Waals surface area contributed by atoms with Crippen LogP contribution in [0.15, 0.2) is 6.07 Å². The van der Waals surface area contributed by atoms with Crippen LogP contribution in [-0.2, 0) is 4.79 Å². The van der Waals surface area contributed by atoms with Crippen molar-refractivity contribution in [3.63, 3.8) is 0 Å². The second-order valence-electron chi connectivity index (χ2n) is 6.09. The van der Waals surface area contributed by atoms with Crippen LogP contribution in [0.3, 0.4) is 0 Å². The summed E-state index contributed by atoms with van der Waals surface area (Å²) in [5.41, 5.74) is 0.941. The van der Waals surface area contributed by atoms with Gasteiger partial charge in [-0.3, -0.25) is 4.79 Å². The molecule has 2 aliphatic heterocycles. The number of aryl methyl sites for hydroxylation is 1. The summed E-state index contributed by atoms with van der Waals surface area (Å²) in [6, 6.07) is 1.98. The van der Waals surface area contributed by atoms with E-state index in [0.717, 1.165) is 36.7 Å². The molecule has 1 aromatic rings. The summed E-state index contributed by atoms with van der Waals surface area (Å²) in [6.45, 7) is 6.54. The van der Waals surface area contributed by atoms with Gasteiger partial charge in [0.1, 0.15) is 11.6 Å². The molecule has 114 valence electrons. The summed E-state index contributed by atoms with van der Waals surface area (Å²) >= 11 is 0. The van der Waals surface area contributed by atoms with Crippen molar-refractivity contribution in [2.75, 3.05) is 31.1 Å². The van der Waals surface area contributed by atoms with E-state index in [1.54, 1.807) is 11.8 Å². The van der Waals surface area contributed by atoms with Crippen LogP contribution in [0, 0.1) is 6.92 Å². The minimum absolute atomic E-state index is 0.110. The number of likely N-dealkylation sites (tertiary alicyclic amines) is 1. The third kappa shape index (κ3) is 3.00. The molecule has 1 atom stereocenters. The first-order valence-corrected chi connectivity index (χ1v) is 7.57. The lowest BCUT2D eigenvalue weighted by Gasteiger charge is -2.38. The van der Waals surface area contributed by atoms with Crippen LogP contribution in [0.2, 0.25) is 0 Å². The van der Waals surface area contributed by atoms with E-state index in [2.05, 4.69) is 14.9 Å². The number of aliphatic hydroxyl groups is 1. The fourth-order valence-corrected chi connectivity index (χ4v) is 2.98. The maximum Gasteiger partial charge on any atom is 0.219 e. The lowest BCUT2D eigenvalue weighted by molar-refractivity contribution is -0.133. The minimum atomic E-state index is -0.269. The van der Waals surface area contributed by atoms with Crippen LogP contribution >= 0.6 is 0 Å². The van der Waals surface area contributed by atoms with Gasteiger partial charge in [-0.2, -0.15) is 0 Å². The van der Waals surface area contributed by atoms with Crippen LogP contribution in [0.1, 0.15) is 37.2 Å². The highest BCUT2D eigenvalue weighted by Crippen LogP contribution is 2.27. The van der Waals surface area contributed by atoms with Gasteiger partial charge in [0, 0.05) is 44.9 Å². The number of amides is 1. The fourth-order valence-electron chi connectivity index (χ4n) is 2.98. The molecule has 3 heterocycles. The Morgan fingerprint density at radius 1 is 1.33 bits per heavy atom. The number of carbonyl (C=O) groups excluding carboxylic acids is 1. The van der Waals surface area contributed by atoms with Crippen molar-refractivity contribution in [3.8, 4) is 0 Å². The number of hydrogen-bond acceptors (Lipinski definition) is 5. The maximum atomic E-state index is 11.3. The lowest BCUT2D eigenvalue weighted by atomic mass is 9.99. The van der Waals surface area contributed by atoms with Crippen LogP contribution in [0.25, 0.3) is 0 Å². The first kappa shape index (κ1) is 14.3. The molecular formula is C15H22N4O2. The molecule has 0 unspecified atom stereocenters. The summed E-state index contributed by atoms with van der Waals surface area (Å²) in [6.07, 6.45) is 1.58. The predicted octanol–water partition coefficient (Wildman–Crippen LogP) is 0.692. The van der Waals surface area contributed by atoms with Gasteiger partial charge in [0.2, 0.25) is 5.91 Å². The molecule has 2 aliphatic rings. The van der Waals surface area contributed by atoms with Crippen molar-refractivity contribution in [2.45, 2.75) is 38.7 Å². The molecule has 3 rings (SSSR count). The fraction of sp³-hybridized carbons (Fsp3) is 0.667. The average Bonchev–Trinajstić information content (AvgIpc) is 2.35. The number of β-amino-alcohol motifs (C(OH)–C–C–N with tert-alkyl or cyclic N) is 1. The highest BCUT2D eigenvalue weighted by Gasteiger charge is 2.32. The van der Waals surface area contributed by atoms with Gasteiger partial charge in [-0.05, 0) is 19.8 Å². The van der Waals surface area contributed by atoms with Gasteiger partial charge < -0.3 is 14.9 Å². The van der Waals surface area contributed by atoms with Gasteiger partial charge in [0.25, 0.3) is 0 Å². The summed E-state index contributed by atoms with van der Waals surface area (Å²) in [7, 11) is 0. The molecule has 1 aromatic heterocycles. The van der Waals surface area contributed by atoms with Crippen LogP contribution < -0.4 is 4.90 Å². The van der Waals surface area contributed by atoms with E-state index in [1.807, 2.05) is 13.0 Å². The number of nitrogens with zero attached hydrogens (tertiary/aromatic N) is 4. The highest BCUT2D eigenvalue weighted by molar-refractivity contribution is 5.74. The Bertz CT molecular complexity index is 542. The molecule has 6 nitrogen and oxygen atoms in total. The number of carbonyl (C=O) groups is 1. The Morgan fingerprint density at radius 3 is 2.76 bits per heavy atom. The Labute approximate surface area is 124 Å². The van der Waals surface area contributed by atoms with Gasteiger partial charge in [-0.25, -0.2) is 9.97 Å². The van der Waals surface area contributed by atoms with Gasteiger partial charge >= 0.3 is 0 Å². The normalized spacial score (nSPS) is 23.1. The second-order valence-corrected chi connectivity index (χ2v) is 6.09. The molecule has 0 bridgehead atoms. The summed E-state index contributed by atoms with van der Waals surface area (Å²) in [5.74, 6) is 2.07. The molecule has 0 radical (unpaired) electrons. The molecule has 0 aliphatic carbocycles. The smallest absolute Gasteiger partial charge is 0.219 e. The maximum absolute atomic E-state index is 11.3. The van der Waals surface area contributed by atoms with E-state index in [1.165, 1.54) is 0 Å². The van der Waals surface area contributed by atoms with Crippen LogP contribution in [0.5, 0.6) is 0 Å². The largest absolute Gasteiger partial charge is 0.391 e. The van der Waals surface area contributed by atoms with Gasteiger partial charge in [-0.1, -0.05) is 0 Å².